The van der Waals surface area contributed by atoms with Crippen LogP contribution in [-0.2, 0) is 26.2 Å². The molecule has 0 heterocycles. The topological polar surface area (TPSA) is 86.8 Å². The van der Waals surface area contributed by atoms with Crippen molar-refractivity contribution in [1.29, 1.82) is 0 Å². The molecule has 1 fully saturated rings. The Labute approximate surface area is 265 Å². The molecule has 1 saturated carbocycles. The molecular formula is C33H39Cl2N3O4S. The zero-order chi connectivity index (χ0) is 31.1. The number of carbonyl (C=O) groups is 2. The number of hydrogen-bond acceptors (Lipinski definition) is 4. The van der Waals surface area contributed by atoms with Crippen LogP contribution < -0.4 is 9.62 Å². The summed E-state index contributed by atoms with van der Waals surface area (Å²) in [5.74, 6) is -0.808. The van der Waals surface area contributed by atoms with Crippen molar-refractivity contribution in [2.24, 2.45) is 0 Å². The molecule has 3 aromatic carbocycles. The summed E-state index contributed by atoms with van der Waals surface area (Å²) in [6, 6.07) is 17.8. The van der Waals surface area contributed by atoms with Gasteiger partial charge < -0.3 is 10.2 Å². The summed E-state index contributed by atoms with van der Waals surface area (Å²) in [7, 11) is -4.15. The summed E-state index contributed by atoms with van der Waals surface area (Å²) in [5, 5.41) is 3.86. The lowest BCUT2D eigenvalue weighted by Crippen LogP contribution is -2.54. The minimum absolute atomic E-state index is 0.0426. The van der Waals surface area contributed by atoms with Gasteiger partial charge in [-0.3, -0.25) is 13.9 Å². The summed E-state index contributed by atoms with van der Waals surface area (Å²) < 4.78 is 29.3. The molecule has 3 aromatic rings. The standard InChI is InChI=1S/C33H39Cl2N3O4S/c1-4-30(33(40)36-25-12-7-5-8-13-25)37(21-27-28(34)16-11-17-29(27)35)32(39)22-38(31-20-23(2)18-19-24(31)3)43(41,42)26-14-9-6-10-15-26/h6,9-11,14-20,25,30H,4-5,7-8,12-13,21-22H2,1-3H3,(H,36,40)/t30-/m1/s1. The lowest BCUT2D eigenvalue weighted by atomic mass is 9.95. The van der Waals surface area contributed by atoms with Gasteiger partial charge in [-0.05, 0) is 74.6 Å². The van der Waals surface area contributed by atoms with Gasteiger partial charge in [-0.25, -0.2) is 8.42 Å². The maximum Gasteiger partial charge on any atom is 0.264 e. The molecule has 0 bridgehead atoms. The first kappa shape index (κ1) is 32.8. The fraction of sp³-hybridized carbons (Fsp3) is 0.394. The van der Waals surface area contributed by atoms with Crippen molar-refractivity contribution in [2.45, 2.75) is 82.8 Å². The highest BCUT2D eigenvalue weighted by atomic mass is 35.5. The second kappa shape index (κ2) is 14.6. The summed E-state index contributed by atoms with van der Waals surface area (Å²) in [6.45, 7) is 4.94. The van der Waals surface area contributed by atoms with E-state index in [0.717, 1.165) is 42.0 Å². The number of benzene rings is 3. The number of aryl methyl sites for hydroxylation is 2. The molecule has 0 radical (unpaired) electrons. The molecule has 230 valence electrons. The third-order valence-corrected chi connectivity index (χ3v) is 10.5. The third-order valence-electron chi connectivity index (χ3n) is 7.97. The van der Waals surface area contributed by atoms with Gasteiger partial charge in [0, 0.05) is 28.2 Å². The fourth-order valence-corrected chi connectivity index (χ4v) is 7.55. The summed E-state index contributed by atoms with van der Waals surface area (Å²) in [6.07, 6.45) is 5.33. The van der Waals surface area contributed by atoms with Crippen LogP contribution in [0.2, 0.25) is 10.0 Å². The Morgan fingerprint density at radius 2 is 1.58 bits per heavy atom. The Bertz CT molecular complexity index is 1520. The maximum atomic E-state index is 14.4. The van der Waals surface area contributed by atoms with E-state index in [1.54, 1.807) is 49.4 Å². The molecule has 0 spiro atoms. The van der Waals surface area contributed by atoms with Crippen molar-refractivity contribution in [3.63, 3.8) is 0 Å². The van der Waals surface area contributed by atoms with Crippen LogP contribution >= 0.6 is 23.2 Å². The van der Waals surface area contributed by atoms with Crippen LogP contribution in [0.25, 0.3) is 0 Å². The largest absolute Gasteiger partial charge is 0.352 e. The van der Waals surface area contributed by atoms with Gasteiger partial charge in [0.1, 0.15) is 12.6 Å². The highest BCUT2D eigenvalue weighted by Gasteiger charge is 2.35. The van der Waals surface area contributed by atoms with Crippen molar-refractivity contribution in [3.8, 4) is 0 Å². The van der Waals surface area contributed by atoms with Crippen LogP contribution in [0.5, 0.6) is 0 Å². The minimum Gasteiger partial charge on any atom is -0.352 e. The first-order valence-electron chi connectivity index (χ1n) is 14.7. The van der Waals surface area contributed by atoms with Gasteiger partial charge in [0.05, 0.1) is 10.6 Å². The molecule has 0 aromatic heterocycles. The van der Waals surface area contributed by atoms with E-state index < -0.39 is 28.5 Å². The average molecular weight is 645 g/mol. The summed E-state index contributed by atoms with van der Waals surface area (Å²) >= 11 is 13.0. The van der Waals surface area contributed by atoms with E-state index in [4.69, 9.17) is 23.2 Å². The van der Waals surface area contributed by atoms with Gasteiger partial charge in [-0.2, -0.15) is 0 Å². The highest BCUT2D eigenvalue weighted by Crippen LogP contribution is 2.30. The quantitative estimate of drug-likeness (QED) is 0.242. The lowest BCUT2D eigenvalue weighted by Gasteiger charge is -2.35. The van der Waals surface area contributed by atoms with Gasteiger partial charge in [-0.1, -0.05) is 85.8 Å². The maximum absolute atomic E-state index is 14.4. The van der Waals surface area contributed by atoms with Gasteiger partial charge in [0.25, 0.3) is 10.0 Å². The van der Waals surface area contributed by atoms with Crippen molar-refractivity contribution in [3.05, 3.63) is 93.5 Å². The van der Waals surface area contributed by atoms with Gasteiger partial charge in [0.15, 0.2) is 0 Å². The first-order chi connectivity index (χ1) is 20.5. The number of carbonyl (C=O) groups excluding carboxylic acids is 2. The summed E-state index contributed by atoms with van der Waals surface area (Å²) in [5.41, 5.74) is 2.43. The van der Waals surface area contributed by atoms with Crippen LogP contribution in [0.15, 0.2) is 71.6 Å². The number of sulfonamides is 1. The van der Waals surface area contributed by atoms with E-state index in [-0.39, 0.29) is 23.4 Å². The van der Waals surface area contributed by atoms with Crippen LogP contribution in [0.1, 0.15) is 62.1 Å². The molecule has 0 saturated heterocycles. The monoisotopic (exact) mass is 643 g/mol. The minimum atomic E-state index is -4.15. The smallest absolute Gasteiger partial charge is 0.264 e. The summed E-state index contributed by atoms with van der Waals surface area (Å²) in [4.78, 5) is 29.6. The number of anilines is 1. The Balaban J connectivity index is 1.76. The Morgan fingerprint density at radius 1 is 0.930 bits per heavy atom. The number of hydrogen-bond donors (Lipinski definition) is 1. The van der Waals surface area contributed by atoms with Crippen LogP contribution in [0.3, 0.4) is 0 Å². The average Bonchev–Trinajstić information content (AvgIpc) is 2.99. The zero-order valence-electron chi connectivity index (χ0n) is 24.9. The molecule has 1 N–H and O–H groups in total. The molecule has 43 heavy (non-hydrogen) atoms. The van der Waals surface area contributed by atoms with Gasteiger partial charge >= 0.3 is 0 Å². The van der Waals surface area contributed by atoms with Crippen molar-refractivity contribution in [1.82, 2.24) is 10.2 Å². The Hall–Kier alpha value is -3.07. The van der Waals surface area contributed by atoms with E-state index in [9.17, 15) is 18.0 Å². The molecule has 10 heteroatoms. The van der Waals surface area contributed by atoms with E-state index in [0.29, 0.717) is 33.3 Å². The molecular weight excluding hydrogens is 605 g/mol. The van der Waals surface area contributed by atoms with Gasteiger partial charge in [0.2, 0.25) is 11.8 Å². The van der Waals surface area contributed by atoms with Crippen molar-refractivity contribution in [2.75, 3.05) is 10.8 Å². The van der Waals surface area contributed by atoms with E-state index in [1.807, 2.05) is 26.0 Å². The van der Waals surface area contributed by atoms with Gasteiger partial charge in [-0.15, -0.1) is 0 Å². The molecule has 1 aliphatic carbocycles. The molecule has 2 amide bonds. The SMILES string of the molecule is CC[C@H](C(=O)NC1CCCCC1)N(Cc1c(Cl)cccc1Cl)C(=O)CN(c1cc(C)ccc1C)S(=O)(=O)c1ccccc1. The fourth-order valence-electron chi connectivity index (χ4n) is 5.54. The molecule has 1 atom stereocenters. The van der Waals surface area contributed by atoms with Crippen LogP contribution in [-0.4, -0.2) is 43.8 Å². The predicted octanol–water partition coefficient (Wildman–Crippen LogP) is 7.06. The van der Waals surface area contributed by atoms with Crippen LogP contribution in [0.4, 0.5) is 5.69 Å². The molecule has 1 aliphatic rings. The molecule has 0 aliphatic heterocycles. The Kier molecular flexibility index (Phi) is 11.2. The molecule has 7 nitrogen and oxygen atoms in total. The number of amides is 2. The van der Waals surface area contributed by atoms with Crippen LogP contribution in [0, 0.1) is 13.8 Å². The zero-order valence-corrected chi connectivity index (χ0v) is 27.2. The first-order valence-corrected chi connectivity index (χ1v) is 16.9. The molecule has 4 rings (SSSR count). The second-order valence-electron chi connectivity index (χ2n) is 11.1. The molecule has 0 unspecified atom stereocenters. The van der Waals surface area contributed by atoms with Crippen molar-refractivity contribution < 1.29 is 18.0 Å². The van der Waals surface area contributed by atoms with E-state index in [2.05, 4.69) is 5.32 Å². The normalized spacial score (nSPS) is 14.6. The van der Waals surface area contributed by atoms with E-state index >= 15 is 0 Å². The third kappa shape index (κ3) is 7.91. The van der Waals surface area contributed by atoms with Crippen molar-refractivity contribution >= 4 is 50.7 Å². The number of rotatable bonds is 11. The predicted molar refractivity (Wildman–Crippen MR) is 173 cm³/mol. The number of halogens is 2. The number of nitrogens with one attached hydrogen (secondary N) is 1. The number of nitrogens with zero attached hydrogens (tertiary/aromatic N) is 2. The Morgan fingerprint density at radius 3 is 2.21 bits per heavy atom. The highest BCUT2D eigenvalue weighted by molar-refractivity contribution is 7.92. The lowest BCUT2D eigenvalue weighted by molar-refractivity contribution is -0.140. The van der Waals surface area contributed by atoms with E-state index in [1.165, 1.54) is 17.0 Å². The second-order valence-corrected chi connectivity index (χ2v) is 13.8.